The third-order valence-corrected chi connectivity index (χ3v) is 4.18. The van der Waals surface area contributed by atoms with Crippen molar-refractivity contribution >= 4 is 39.2 Å². The van der Waals surface area contributed by atoms with Gasteiger partial charge in [0.2, 0.25) is 5.95 Å². The van der Waals surface area contributed by atoms with Gasteiger partial charge in [-0.3, -0.25) is 0 Å². The monoisotopic (exact) mass is 371 g/mol. The van der Waals surface area contributed by atoms with Crippen LogP contribution < -0.4 is 5.32 Å². The first-order valence-electron chi connectivity index (χ1n) is 6.93. The maximum absolute atomic E-state index is 6.01. The largest absolute Gasteiger partial charge is 0.382 e. The van der Waals surface area contributed by atoms with Gasteiger partial charge in [-0.25, -0.2) is 4.98 Å². The van der Waals surface area contributed by atoms with E-state index >= 15 is 0 Å². The van der Waals surface area contributed by atoms with Crippen molar-refractivity contribution < 1.29 is 4.74 Å². The fourth-order valence-electron chi connectivity index (χ4n) is 2.00. The van der Waals surface area contributed by atoms with Crippen molar-refractivity contribution in [3.8, 4) is 0 Å². The predicted molar refractivity (Wildman–Crippen MR) is 90.5 cm³/mol. The summed E-state index contributed by atoms with van der Waals surface area (Å²) in [5, 5.41) is 4.02. The van der Waals surface area contributed by atoms with Gasteiger partial charge in [0.15, 0.2) is 0 Å². The van der Waals surface area contributed by atoms with Crippen LogP contribution in [-0.4, -0.2) is 22.8 Å². The summed E-state index contributed by atoms with van der Waals surface area (Å²) in [6.07, 6.45) is 3.00. The number of rotatable bonds is 7. The van der Waals surface area contributed by atoms with E-state index in [9.17, 15) is 0 Å². The fourth-order valence-corrected chi connectivity index (χ4v) is 2.50. The Morgan fingerprint density at radius 2 is 2.24 bits per heavy atom. The normalized spacial score (nSPS) is 10.9. The molecule has 0 saturated carbocycles. The van der Waals surface area contributed by atoms with Crippen LogP contribution >= 0.6 is 27.5 Å². The van der Waals surface area contributed by atoms with Crippen molar-refractivity contribution in [1.29, 1.82) is 0 Å². The third kappa shape index (κ3) is 4.73. The Bertz CT molecular complexity index is 601. The first-order chi connectivity index (χ1) is 10.1. The molecule has 2 rings (SSSR count). The fraction of sp³-hybridized carbons (Fsp3) is 0.400. The van der Waals surface area contributed by atoms with E-state index in [1.54, 1.807) is 0 Å². The van der Waals surface area contributed by atoms with Crippen LogP contribution in [0.3, 0.4) is 0 Å². The first kappa shape index (κ1) is 16.3. The van der Waals surface area contributed by atoms with E-state index in [1.807, 2.05) is 38.2 Å². The molecule has 0 unspecified atom stereocenters. The lowest BCUT2D eigenvalue weighted by molar-refractivity contribution is 0.142. The van der Waals surface area contributed by atoms with Crippen LogP contribution in [0, 0.1) is 6.92 Å². The summed E-state index contributed by atoms with van der Waals surface area (Å²) < 4.78 is 8.34. The van der Waals surface area contributed by atoms with E-state index < -0.39 is 0 Å². The molecule has 0 saturated heterocycles. The van der Waals surface area contributed by atoms with Crippen molar-refractivity contribution in [3.05, 3.63) is 39.6 Å². The Balaban J connectivity index is 2.06. The molecule has 0 aliphatic rings. The van der Waals surface area contributed by atoms with Gasteiger partial charge in [0, 0.05) is 36.1 Å². The molecule has 0 bridgehead atoms. The molecule has 0 radical (unpaired) electrons. The van der Waals surface area contributed by atoms with Crippen molar-refractivity contribution in [3.63, 3.8) is 0 Å². The number of ether oxygens (including phenoxy) is 1. The molecule has 1 aromatic heterocycles. The van der Waals surface area contributed by atoms with Gasteiger partial charge < -0.3 is 14.6 Å². The van der Waals surface area contributed by atoms with E-state index in [0.29, 0.717) is 5.02 Å². The second kappa shape index (κ2) is 7.82. The van der Waals surface area contributed by atoms with E-state index in [1.165, 1.54) is 0 Å². The zero-order valence-corrected chi connectivity index (χ0v) is 14.5. The molecule has 1 aromatic carbocycles. The van der Waals surface area contributed by atoms with Crippen molar-refractivity contribution in [1.82, 2.24) is 9.55 Å². The number of anilines is 2. The lowest BCUT2D eigenvalue weighted by Gasteiger charge is -2.10. The van der Waals surface area contributed by atoms with Gasteiger partial charge >= 0.3 is 0 Å². The van der Waals surface area contributed by atoms with Gasteiger partial charge in [-0.05, 0) is 54.4 Å². The third-order valence-electron chi connectivity index (χ3n) is 2.96. The highest BCUT2D eigenvalue weighted by Gasteiger charge is 2.07. The van der Waals surface area contributed by atoms with E-state index in [4.69, 9.17) is 16.3 Å². The molecule has 4 nitrogen and oxygen atoms in total. The van der Waals surface area contributed by atoms with Crippen molar-refractivity contribution in [2.24, 2.45) is 0 Å². The predicted octanol–water partition coefficient (Wildman–Crippen LogP) is 4.78. The number of nitrogens with zero attached hydrogens (tertiary/aromatic N) is 2. The summed E-state index contributed by atoms with van der Waals surface area (Å²) in [7, 11) is 0. The standard InChI is InChI=1S/C15H19BrClN3O/c1-3-21-8-4-7-20-10-11(2)18-15(20)19-12-5-6-14(17)13(16)9-12/h5-6,9-10H,3-4,7-8H2,1-2H3,(H,18,19). The minimum atomic E-state index is 0.691. The SMILES string of the molecule is CCOCCCn1cc(C)nc1Nc1ccc(Cl)c(Br)c1. The van der Waals surface area contributed by atoms with Crippen molar-refractivity contribution in [2.45, 2.75) is 26.8 Å². The van der Waals surface area contributed by atoms with Gasteiger partial charge in [-0.2, -0.15) is 0 Å². The summed E-state index contributed by atoms with van der Waals surface area (Å²) >= 11 is 9.43. The smallest absolute Gasteiger partial charge is 0.207 e. The summed E-state index contributed by atoms with van der Waals surface area (Å²) in [6.45, 7) is 6.39. The Morgan fingerprint density at radius 3 is 2.95 bits per heavy atom. The molecule has 2 aromatic rings. The highest BCUT2D eigenvalue weighted by Crippen LogP contribution is 2.27. The topological polar surface area (TPSA) is 39.1 Å². The molecule has 0 amide bonds. The van der Waals surface area contributed by atoms with Gasteiger partial charge in [-0.15, -0.1) is 0 Å². The minimum Gasteiger partial charge on any atom is -0.382 e. The van der Waals surface area contributed by atoms with Crippen LogP contribution in [-0.2, 0) is 11.3 Å². The molecule has 1 heterocycles. The quantitative estimate of drug-likeness (QED) is 0.711. The number of aryl methyl sites for hydroxylation is 2. The maximum Gasteiger partial charge on any atom is 0.207 e. The molecule has 114 valence electrons. The van der Waals surface area contributed by atoms with Crippen LogP contribution in [0.2, 0.25) is 5.02 Å². The molecule has 0 fully saturated rings. The van der Waals surface area contributed by atoms with Gasteiger partial charge in [0.05, 0.1) is 10.7 Å². The summed E-state index contributed by atoms with van der Waals surface area (Å²) in [5.74, 6) is 0.832. The lowest BCUT2D eigenvalue weighted by Crippen LogP contribution is -2.06. The number of hydrogen-bond acceptors (Lipinski definition) is 3. The summed E-state index contributed by atoms with van der Waals surface area (Å²) in [6, 6.07) is 5.72. The van der Waals surface area contributed by atoms with E-state index in [0.717, 1.165) is 48.0 Å². The molecule has 6 heteroatoms. The van der Waals surface area contributed by atoms with Crippen LogP contribution in [0.1, 0.15) is 19.0 Å². The second-order valence-electron chi connectivity index (χ2n) is 4.70. The number of aromatic nitrogens is 2. The van der Waals surface area contributed by atoms with Gasteiger partial charge in [0.1, 0.15) is 0 Å². The molecular weight excluding hydrogens is 354 g/mol. The molecule has 0 aliphatic carbocycles. The van der Waals surface area contributed by atoms with Gasteiger partial charge in [0.25, 0.3) is 0 Å². The van der Waals surface area contributed by atoms with E-state index in [-0.39, 0.29) is 0 Å². The molecule has 21 heavy (non-hydrogen) atoms. The maximum atomic E-state index is 6.01. The first-order valence-corrected chi connectivity index (χ1v) is 8.11. The van der Waals surface area contributed by atoms with Crippen LogP contribution in [0.4, 0.5) is 11.6 Å². The zero-order chi connectivity index (χ0) is 15.2. The number of hydrogen-bond donors (Lipinski definition) is 1. The molecule has 0 spiro atoms. The molecule has 0 atom stereocenters. The van der Waals surface area contributed by atoms with E-state index in [2.05, 4.69) is 30.8 Å². The number of imidazole rings is 1. The highest BCUT2D eigenvalue weighted by atomic mass is 79.9. The average Bonchev–Trinajstić information content (AvgIpc) is 2.79. The summed E-state index contributed by atoms with van der Waals surface area (Å²) in [4.78, 5) is 4.52. The second-order valence-corrected chi connectivity index (χ2v) is 5.97. The molecule has 0 aliphatic heterocycles. The Kier molecular flexibility index (Phi) is 6.08. The van der Waals surface area contributed by atoms with Crippen LogP contribution in [0.5, 0.6) is 0 Å². The number of nitrogens with one attached hydrogen (secondary N) is 1. The zero-order valence-electron chi connectivity index (χ0n) is 12.2. The minimum absolute atomic E-state index is 0.691. The Hall–Kier alpha value is -1.04. The molecular formula is C15H19BrClN3O. The Labute approximate surface area is 138 Å². The average molecular weight is 373 g/mol. The van der Waals surface area contributed by atoms with Crippen molar-refractivity contribution in [2.75, 3.05) is 18.5 Å². The van der Waals surface area contributed by atoms with Gasteiger partial charge in [-0.1, -0.05) is 11.6 Å². The highest BCUT2D eigenvalue weighted by molar-refractivity contribution is 9.10. The lowest BCUT2D eigenvalue weighted by atomic mass is 10.3. The van der Waals surface area contributed by atoms with Crippen LogP contribution in [0.15, 0.2) is 28.9 Å². The Morgan fingerprint density at radius 1 is 1.43 bits per heavy atom. The number of benzene rings is 1. The number of halogens is 2. The molecule has 1 N–H and O–H groups in total. The summed E-state index contributed by atoms with van der Waals surface area (Å²) in [5.41, 5.74) is 1.94. The van der Waals surface area contributed by atoms with Crippen LogP contribution in [0.25, 0.3) is 0 Å².